The molecule has 0 spiro atoms. The molecule has 2 aromatic carbocycles. The van der Waals surface area contributed by atoms with Gasteiger partial charge in [-0.3, -0.25) is 0 Å². The van der Waals surface area contributed by atoms with Crippen LogP contribution in [0.15, 0.2) is 61.2 Å². The SMILES string of the molecule is OC(Cn1cnnn1)(c1ccc(F)cc1F)C(F)(F)c1ncc(-c2cccc(Cl)c2)cn1. The molecule has 2 aromatic heterocycles. The van der Waals surface area contributed by atoms with Crippen LogP contribution in [-0.4, -0.2) is 35.3 Å². The molecule has 164 valence electrons. The van der Waals surface area contributed by atoms with Crippen LogP contribution < -0.4 is 0 Å². The van der Waals surface area contributed by atoms with E-state index >= 15 is 8.78 Å². The minimum atomic E-state index is -4.23. The summed E-state index contributed by atoms with van der Waals surface area (Å²) in [6, 6.07) is 8.46. The smallest absolute Gasteiger partial charge is 0.340 e. The molecule has 0 saturated heterocycles. The first-order valence-electron chi connectivity index (χ1n) is 9.06. The molecule has 0 aliphatic heterocycles. The Morgan fingerprint density at radius 1 is 1.00 bits per heavy atom. The molecule has 1 N–H and O–H groups in total. The van der Waals surface area contributed by atoms with Gasteiger partial charge < -0.3 is 5.11 Å². The minimum absolute atomic E-state index is 0.388. The van der Waals surface area contributed by atoms with Crippen LogP contribution in [-0.2, 0) is 18.1 Å². The molecule has 4 rings (SSSR count). The highest BCUT2D eigenvalue weighted by Crippen LogP contribution is 2.46. The number of halogens is 5. The molecule has 1 unspecified atom stereocenters. The van der Waals surface area contributed by atoms with Crippen LogP contribution in [0.3, 0.4) is 0 Å². The summed E-state index contributed by atoms with van der Waals surface area (Å²) in [6.07, 6.45) is 3.21. The minimum Gasteiger partial charge on any atom is -0.377 e. The third kappa shape index (κ3) is 3.92. The zero-order chi connectivity index (χ0) is 22.9. The fraction of sp³-hybridized carbons (Fsp3) is 0.150. The largest absolute Gasteiger partial charge is 0.377 e. The zero-order valence-corrected chi connectivity index (χ0v) is 16.8. The standard InChI is InChI=1S/C20H13ClF4N6O/c21-14-3-1-2-12(6-14)13-8-26-18(27-9-13)20(24,25)19(32,10-31-11-28-29-30-31)16-5-4-15(22)7-17(16)23/h1-9,11,32H,10H2. The Morgan fingerprint density at radius 3 is 2.38 bits per heavy atom. The van der Waals surface area contributed by atoms with E-state index in [0.717, 1.165) is 35.5 Å². The number of hydrogen-bond acceptors (Lipinski definition) is 6. The number of aromatic nitrogens is 6. The number of rotatable bonds is 6. The van der Waals surface area contributed by atoms with Crippen LogP contribution in [0.5, 0.6) is 0 Å². The number of nitrogens with zero attached hydrogens (tertiary/aromatic N) is 6. The van der Waals surface area contributed by atoms with Crippen molar-refractivity contribution < 1.29 is 22.7 Å². The molecule has 0 aliphatic rings. The normalized spacial score (nSPS) is 13.7. The summed E-state index contributed by atoms with van der Waals surface area (Å²) in [4.78, 5) is 7.41. The molecule has 7 nitrogen and oxygen atoms in total. The van der Waals surface area contributed by atoms with Gasteiger partial charge in [-0.2, -0.15) is 8.78 Å². The highest BCUT2D eigenvalue weighted by Gasteiger charge is 2.59. The lowest BCUT2D eigenvalue weighted by molar-refractivity contribution is -0.210. The summed E-state index contributed by atoms with van der Waals surface area (Å²) in [5, 5.41) is 21.6. The Labute approximate surface area is 183 Å². The number of benzene rings is 2. The van der Waals surface area contributed by atoms with E-state index in [1.54, 1.807) is 24.3 Å². The third-order valence-electron chi connectivity index (χ3n) is 4.77. The Bertz CT molecular complexity index is 1240. The first-order valence-corrected chi connectivity index (χ1v) is 9.43. The van der Waals surface area contributed by atoms with E-state index in [4.69, 9.17) is 11.6 Å². The summed E-state index contributed by atoms with van der Waals surface area (Å²) in [7, 11) is 0. The van der Waals surface area contributed by atoms with Crippen molar-refractivity contribution in [2.45, 2.75) is 18.1 Å². The van der Waals surface area contributed by atoms with Crippen molar-refractivity contribution in [1.29, 1.82) is 0 Å². The van der Waals surface area contributed by atoms with Gasteiger partial charge >= 0.3 is 5.92 Å². The maximum atomic E-state index is 15.6. The monoisotopic (exact) mass is 464 g/mol. The van der Waals surface area contributed by atoms with Gasteiger partial charge in [-0.15, -0.1) is 5.10 Å². The van der Waals surface area contributed by atoms with Crippen molar-refractivity contribution in [3.8, 4) is 11.1 Å². The lowest BCUT2D eigenvalue weighted by Gasteiger charge is -2.35. The van der Waals surface area contributed by atoms with Crippen molar-refractivity contribution in [3.05, 3.63) is 89.2 Å². The van der Waals surface area contributed by atoms with E-state index in [0.29, 0.717) is 22.2 Å². The van der Waals surface area contributed by atoms with E-state index in [-0.39, 0.29) is 0 Å². The summed E-state index contributed by atoms with van der Waals surface area (Å²) in [5.74, 6) is -7.69. The van der Waals surface area contributed by atoms with E-state index in [1.165, 1.54) is 0 Å². The number of aliphatic hydroxyl groups is 1. The first kappa shape index (κ1) is 21.8. The van der Waals surface area contributed by atoms with Gasteiger partial charge in [0, 0.05) is 34.6 Å². The molecule has 32 heavy (non-hydrogen) atoms. The second-order valence-corrected chi connectivity index (χ2v) is 7.31. The van der Waals surface area contributed by atoms with Crippen molar-refractivity contribution in [1.82, 2.24) is 30.2 Å². The molecule has 0 aliphatic carbocycles. The van der Waals surface area contributed by atoms with Gasteiger partial charge in [0.05, 0.1) is 6.54 Å². The van der Waals surface area contributed by atoms with Gasteiger partial charge in [-0.05, 0) is 40.3 Å². The van der Waals surface area contributed by atoms with Gasteiger partial charge in [0.2, 0.25) is 5.82 Å². The Kier molecular flexibility index (Phi) is 5.61. The summed E-state index contributed by atoms with van der Waals surface area (Å²) < 4.78 is 59.9. The van der Waals surface area contributed by atoms with Crippen LogP contribution in [0, 0.1) is 11.6 Å². The predicted molar refractivity (Wildman–Crippen MR) is 104 cm³/mol. The van der Waals surface area contributed by atoms with E-state index in [2.05, 4.69) is 25.5 Å². The lowest BCUT2D eigenvalue weighted by Crippen LogP contribution is -2.48. The Balaban J connectivity index is 1.79. The van der Waals surface area contributed by atoms with Gasteiger partial charge in [0.15, 0.2) is 5.60 Å². The van der Waals surface area contributed by atoms with Gasteiger partial charge in [0.1, 0.15) is 18.0 Å². The van der Waals surface area contributed by atoms with Crippen LogP contribution in [0.25, 0.3) is 11.1 Å². The molecule has 0 saturated carbocycles. The average molecular weight is 465 g/mol. The molecule has 0 fully saturated rings. The second kappa shape index (κ2) is 8.24. The number of alkyl halides is 2. The topological polar surface area (TPSA) is 89.6 Å². The lowest BCUT2D eigenvalue weighted by atomic mass is 9.85. The average Bonchev–Trinajstić information content (AvgIpc) is 3.26. The third-order valence-corrected chi connectivity index (χ3v) is 5.00. The quantitative estimate of drug-likeness (QED) is 0.437. The summed E-state index contributed by atoms with van der Waals surface area (Å²) in [5.41, 5.74) is -3.15. The maximum Gasteiger partial charge on any atom is 0.340 e. The zero-order valence-electron chi connectivity index (χ0n) is 16.0. The first-order chi connectivity index (χ1) is 15.2. The Morgan fingerprint density at radius 2 is 1.75 bits per heavy atom. The van der Waals surface area contributed by atoms with Crippen molar-refractivity contribution in [3.63, 3.8) is 0 Å². The van der Waals surface area contributed by atoms with Crippen LogP contribution >= 0.6 is 11.6 Å². The summed E-state index contributed by atoms with van der Waals surface area (Å²) in [6.45, 7) is -0.963. The molecule has 0 radical (unpaired) electrons. The van der Waals surface area contributed by atoms with Crippen molar-refractivity contribution in [2.75, 3.05) is 0 Å². The van der Waals surface area contributed by atoms with E-state index in [1.807, 2.05) is 0 Å². The van der Waals surface area contributed by atoms with E-state index < -0.39 is 41.1 Å². The number of tetrazole rings is 1. The highest BCUT2D eigenvalue weighted by molar-refractivity contribution is 6.30. The van der Waals surface area contributed by atoms with Crippen LogP contribution in [0.2, 0.25) is 5.02 Å². The van der Waals surface area contributed by atoms with Gasteiger partial charge in [-0.1, -0.05) is 23.7 Å². The fourth-order valence-electron chi connectivity index (χ4n) is 3.16. The molecular weight excluding hydrogens is 452 g/mol. The molecule has 12 heteroatoms. The Hall–Kier alpha value is -3.44. The van der Waals surface area contributed by atoms with Crippen LogP contribution in [0.4, 0.5) is 17.6 Å². The van der Waals surface area contributed by atoms with Crippen molar-refractivity contribution in [2.24, 2.45) is 0 Å². The predicted octanol–water partition coefficient (Wildman–Crippen LogP) is 3.74. The molecular formula is C20H13ClF4N6O. The molecule has 0 amide bonds. The molecule has 2 heterocycles. The molecule has 0 bridgehead atoms. The number of hydrogen-bond donors (Lipinski definition) is 1. The van der Waals surface area contributed by atoms with Crippen LogP contribution in [0.1, 0.15) is 11.4 Å². The maximum absolute atomic E-state index is 15.6. The summed E-state index contributed by atoms with van der Waals surface area (Å²) >= 11 is 5.95. The van der Waals surface area contributed by atoms with Gasteiger partial charge in [0.25, 0.3) is 0 Å². The van der Waals surface area contributed by atoms with Crippen molar-refractivity contribution >= 4 is 11.6 Å². The second-order valence-electron chi connectivity index (χ2n) is 6.87. The fourth-order valence-corrected chi connectivity index (χ4v) is 3.35. The molecule has 4 aromatic rings. The highest BCUT2D eigenvalue weighted by atomic mass is 35.5. The molecule has 1 atom stereocenters. The van der Waals surface area contributed by atoms with Gasteiger partial charge in [-0.25, -0.2) is 23.4 Å². The van der Waals surface area contributed by atoms with E-state index in [9.17, 15) is 13.9 Å².